The first-order valence-electron chi connectivity index (χ1n) is 4.06. The summed E-state index contributed by atoms with van der Waals surface area (Å²) < 4.78 is 35.3. The number of carbonyl (C=O) groups is 1. The zero-order valence-electron chi connectivity index (χ0n) is 7.08. The lowest BCUT2D eigenvalue weighted by atomic mass is 10.2. The normalized spacial score (nSPS) is 33.1. The highest BCUT2D eigenvalue weighted by atomic mass is 19.4. The minimum atomic E-state index is -4.95. The van der Waals surface area contributed by atoms with Gasteiger partial charge >= 0.3 is 12.1 Å². The summed E-state index contributed by atoms with van der Waals surface area (Å²) in [5.41, 5.74) is 0. The van der Waals surface area contributed by atoms with Gasteiger partial charge in [-0.3, -0.25) is 4.79 Å². The van der Waals surface area contributed by atoms with Crippen LogP contribution in [-0.4, -0.2) is 40.5 Å². The average Bonchev–Trinajstić information content (AvgIpc) is 2.34. The van der Waals surface area contributed by atoms with Crippen molar-refractivity contribution in [1.29, 1.82) is 0 Å². The Labute approximate surface area is 77.7 Å². The Morgan fingerprint density at radius 2 is 1.86 bits per heavy atom. The van der Waals surface area contributed by atoms with Gasteiger partial charge in [-0.25, -0.2) is 0 Å². The summed E-state index contributed by atoms with van der Waals surface area (Å²) in [5, 5.41) is 19.8. The first-order valence-corrected chi connectivity index (χ1v) is 4.06. The maximum atomic E-state index is 11.8. The molecule has 0 aliphatic heterocycles. The smallest absolute Gasteiger partial charge is 0.390 e. The summed E-state index contributed by atoms with van der Waals surface area (Å²) in [5.74, 6) is -2.09. The van der Waals surface area contributed by atoms with E-state index in [9.17, 15) is 18.0 Å². The molecular formula is C7H10F3NO3. The lowest BCUT2D eigenvalue weighted by molar-refractivity contribution is -0.175. The molecule has 0 saturated heterocycles. The molecule has 1 aliphatic carbocycles. The summed E-state index contributed by atoms with van der Waals surface area (Å²) in [4.78, 5) is 10.4. The second-order valence-corrected chi connectivity index (χ2v) is 3.21. The van der Waals surface area contributed by atoms with Gasteiger partial charge < -0.3 is 15.5 Å². The molecule has 4 nitrogen and oxygen atoms in total. The van der Waals surface area contributed by atoms with E-state index in [1.807, 2.05) is 0 Å². The van der Waals surface area contributed by atoms with Gasteiger partial charge in [0.15, 0.2) is 0 Å². The van der Waals surface area contributed by atoms with Gasteiger partial charge in [-0.05, 0) is 12.8 Å². The van der Waals surface area contributed by atoms with Crippen LogP contribution in [0.25, 0.3) is 0 Å². The van der Waals surface area contributed by atoms with E-state index in [1.165, 1.54) is 0 Å². The minimum absolute atomic E-state index is 0.143. The van der Waals surface area contributed by atoms with Gasteiger partial charge in [0, 0.05) is 0 Å². The molecule has 1 aliphatic rings. The zero-order valence-corrected chi connectivity index (χ0v) is 7.08. The number of rotatable bonds is 1. The first kappa shape index (κ1) is 11.3. The van der Waals surface area contributed by atoms with E-state index < -0.39 is 30.3 Å². The molecule has 0 heterocycles. The molecule has 82 valence electrons. The number of halogens is 3. The van der Waals surface area contributed by atoms with E-state index in [0.717, 1.165) is 0 Å². The number of aliphatic hydroxyl groups excluding tert-OH is 2. The number of hydrogen-bond donors (Lipinski definition) is 3. The Kier molecular flexibility index (Phi) is 3.01. The lowest BCUT2D eigenvalue weighted by Crippen LogP contribution is -2.47. The van der Waals surface area contributed by atoms with E-state index in [4.69, 9.17) is 10.2 Å². The van der Waals surface area contributed by atoms with E-state index in [-0.39, 0.29) is 12.8 Å². The van der Waals surface area contributed by atoms with Gasteiger partial charge in [0.05, 0.1) is 18.2 Å². The molecule has 0 radical (unpaired) electrons. The summed E-state index contributed by atoms with van der Waals surface area (Å²) >= 11 is 0. The van der Waals surface area contributed by atoms with Crippen LogP contribution in [0, 0.1) is 0 Å². The Morgan fingerprint density at radius 3 is 2.21 bits per heavy atom. The molecule has 14 heavy (non-hydrogen) atoms. The van der Waals surface area contributed by atoms with Crippen molar-refractivity contribution < 1.29 is 28.2 Å². The predicted octanol–water partition coefficient (Wildman–Crippen LogP) is -0.451. The van der Waals surface area contributed by atoms with E-state index >= 15 is 0 Å². The summed E-state index contributed by atoms with van der Waals surface area (Å²) in [6.07, 6.45) is -7.00. The molecule has 3 unspecified atom stereocenters. The molecule has 1 saturated carbocycles. The predicted molar refractivity (Wildman–Crippen MR) is 39.2 cm³/mol. The van der Waals surface area contributed by atoms with Gasteiger partial charge in [-0.15, -0.1) is 0 Å². The zero-order chi connectivity index (χ0) is 10.9. The van der Waals surface area contributed by atoms with E-state index in [1.54, 1.807) is 5.32 Å². The third kappa shape index (κ3) is 2.36. The van der Waals surface area contributed by atoms with Crippen molar-refractivity contribution in [2.75, 3.05) is 0 Å². The van der Waals surface area contributed by atoms with Crippen LogP contribution >= 0.6 is 0 Å². The van der Waals surface area contributed by atoms with Crippen molar-refractivity contribution in [3.63, 3.8) is 0 Å². The molecule has 1 fully saturated rings. The summed E-state index contributed by atoms with van der Waals surface area (Å²) in [7, 11) is 0. The molecule has 3 N–H and O–H groups in total. The van der Waals surface area contributed by atoms with Gasteiger partial charge in [-0.2, -0.15) is 13.2 Å². The van der Waals surface area contributed by atoms with E-state index in [0.29, 0.717) is 0 Å². The monoisotopic (exact) mass is 213 g/mol. The fourth-order valence-electron chi connectivity index (χ4n) is 1.37. The maximum Gasteiger partial charge on any atom is 0.471 e. The third-order valence-corrected chi connectivity index (χ3v) is 2.15. The quantitative estimate of drug-likeness (QED) is 0.552. The number of nitrogens with one attached hydrogen (secondary N) is 1. The molecule has 0 bridgehead atoms. The van der Waals surface area contributed by atoms with Crippen LogP contribution in [-0.2, 0) is 4.79 Å². The second-order valence-electron chi connectivity index (χ2n) is 3.21. The van der Waals surface area contributed by atoms with Crippen LogP contribution in [0.3, 0.4) is 0 Å². The Morgan fingerprint density at radius 1 is 1.29 bits per heavy atom. The highest BCUT2D eigenvalue weighted by Gasteiger charge is 2.43. The van der Waals surface area contributed by atoms with Crippen LogP contribution in [0.5, 0.6) is 0 Å². The molecule has 0 aromatic heterocycles. The van der Waals surface area contributed by atoms with Crippen molar-refractivity contribution in [3.05, 3.63) is 0 Å². The Balaban J connectivity index is 2.50. The van der Waals surface area contributed by atoms with Gasteiger partial charge in [0.25, 0.3) is 0 Å². The highest BCUT2D eigenvalue weighted by molar-refractivity contribution is 5.82. The van der Waals surface area contributed by atoms with Crippen LogP contribution in [0.4, 0.5) is 13.2 Å². The van der Waals surface area contributed by atoms with Crippen molar-refractivity contribution in [2.24, 2.45) is 0 Å². The first-order chi connectivity index (χ1) is 6.32. The topological polar surface area (TPSA) is 69.6 Å². The molecule has 1 amide bonds. The molecule has 0 aromatic rings. The van der Waals surface area contributed by atoms with Crippen molar-refractivity contribution in [1.82, 2.24) is 5.32 Å². The highest BCUT2D eigenvalue weighted by Crippen LogP contribution is 2.22. The number of aliphatic hydroxyl groups is 2. The summed E-state index contributed by atoms with van der Waals surface area (Å²) in [6, 6.07) is -1.01. The Hall–Kier alpha value is -0.820. The largest absolute Gasteiger partial charge is 0.471 e. The average molecular weight is 213 g/mol. The number of carbonyl (C=O) groups excluding carboxylic acids is 1. The standard InChI is InChI=1S/C7H10F3NO3/c8-7(9,10)6(14)11-3-1-2-4(12)5(3)13/h3-5,12-13H,1-2H2,(H,11,14). The molecule has 0 spiro atoms. The van der Waals surface area contributed by atoms with Gasteiger partial charge in [-0.1, -0.05) is 0 Å². The van der Waals surface area contributed by atoms with E-state index in [2.05, 4.69) is 0 Å². The van der Waals surface area contributed by atoms with Gasteiger partial charge in [0.2, 0.25) is 0 Å². The summed E-state index contributed by atoms with van der Waals surface area (Å²) in [6.45, 7) is 0. The van der Waals surface area contributed by atoms with Crippen LogP contribution in [0.2, 0.25) is 0 Å². The van der Waals surface area contributed by atoms with Crippen LogP contribution in [0.15, 0.2) is 0 Å². The number of amides is 1. The van der Waals surface area contributed by atoms with Crippen LogP contribution < -0.4 is 5.32 Å². The minimum Gasteiger partial charge on any atom is -0.390 e. The van der Waals surface area contributed by atoms with Crippen molar-refractivity contribution >= 4 is 5.91 Å². The maximum absolute atomic E-state index is 11.8. The van der Waals surface area contributed by atoms with Crippen LogP contribution in [0.1, 0.15) is 12.8 Å². The number of hydrogen-bond acceptors (Lipinski definition) is 3. The number of alkyl halides is 3. The molecule has 1 rings (SSSR count). The second kappa shape index (κ2) is 3.74. The lowest BCUT2D eigenvalue weighted by Gasteiger charge is -2.18. The molecule has 3 atom stereocenters. The van der Waals surface area contributed by atoms with Gasteiger partial charge in [0.1, 0.15) is 0 Å². The fraction of sp³-hybridized carbons (Fsp3) is 0.857. The van der Waals surface area contributed by atoms with Crippen molar-refractivity contribution in [2.45, 2.75) is 37.3 Å². The SMILES string of the molecule is O=C(NC1CCC(O)C1O)C(F)(F)F. The Bertz CT molecular complexity index is 231. The molecular weight excluding hydrogens is 203 g/mol. The molecule has 0 aromatic carbocycles. The van der Waals surface area contributed by atoms with Crippen molar-refractivity contribution in [3.8, 4) is 0 Å². The fourth-order valence-corrected chi connectivity index (χ4v) is 1.37. The third-order valence-electron chi connectivity index (χ3n) is 2.15. The molecule has 7 heteroatoms.